The van der Waals surface area contributed by atoms with Crippen molar-refractivity contribution in [1.29, 1.82) is 0 Å². The molecule has 2 rings (SSSR count). The van der Waals surface area contributed by atoms with Crippen molar-refractivity contribution in [2.45, 2.75) is 6.92 Å². The molecular formula is C12H13N5O. The Morgan fingerprint density at radius 3 is 2.72 bits per heavy atom. The van der Waals surface area contributed by atoms with Gasteiger partial charge in [-0.15, -0.1) is 0 Å². The van der Waals surface area contributed by atoms with Gasteiger partial charge >= 0.3 is 0 Å². The Morgan fingerprint density at radius 1 is 1.28 bits per heavy atom. The van der Waals surface area contributed by atoms with Gasteiger partial charge in [0.1, 0.15) is 5.82 Å². The van der Waals surface area contributed by atoms with E-state index in [0.717, 1.165) is 5.69 Å². The molecule has 4 N–H and O–H groups in total. The lowest BCUT2D eigenvalue weighted by Gasteiger charge is -2.06. The summed E-state index contributed by atoms with van der Waals surface area (Å²) >= 11 is 0. The van der Waals surface area contributed by atoms with E-state index in [4.69, 9.17) is 5.84 Å². The second-order valence-corrected chi connectivity index (χ2v) is 3.72. The van der Waals surface area contributed by atoms with Crippen molar-refractivity contribution < 1.29 is 4.79 Å². The highest BCUT2D eigenvalue weighted by molar-refractivity contribution is 6.04. The Labute approximate surface area is 104 Å². The quantitative estimate of drug-likeness (QED) is 0.558. The van der Waals surface area contributed by atoms with E-state index in [2.05, 4.69) is 20.7 Å². The first-order chi connectivity index (χ1) is 8.69. The van der Waals surface area contributed by atoms with Gasteiger partial charge in [-0.3, -0.25) is 9.78 Å². The predicted octanol–water partition coefficient (Wildman–Crippen LogP) is 1.32. The Morgan fingerprint density at radius 2 is 2.11 bits per heavy atom. The van der Waals surface area contributed by atoms with E-state index in [-0.39, 0.29) is 5.91 Å². The fraction of sp³-hybridized carbons (Fsp3) is 0.0833. The van der Waals surface area contributed by atoms with Gasteiger partial charge < -0.3 is 10.7 Å². The molecule has 6 heteroatoms. The average molecular weight is 243 g/mol. The normalized spacial score (nSPS) is 9.89. The molecule has 0 aliphatic carbocycles. The number of anilines is 2. The number of nitrogens with one attached hydrogen (secondary N) is 2. The molecule has 0 fully saturated rings. The van der Waals surface area contributed by atoms with Crippen LogP contribution in [0.5, 0.6) is 0 Å². The highest BCUT2D eigenvalue weighted by atomic mass is 16.1. The number of nitrogen functional groups attached to an aromatic ring is 1. The molecule has 0 unspecified atom stereocenters. The minimum Gasteiger partial charge on any atom is -0.322 e. The molecule has 2 aromatic heterocycles. The van der Waals surface area contributed by atoms with Crippen LogP contribution in [0.2, 0.25) is 0 Å². The van der Waals surface area contributed by atoms with Crippen LogP contribution in [0.4, 0.5) is 11.5 Å². The topological polar surface area (TPSA) is 92.9 Å². The second-order valence-electron chi connectivity index (χ2n) is 3.72. The monoisotopic (exact) mass is 243 g/mol. The summed E-state index contributed by atoms with van der Waals surface area (Å²) in [6.45, 7) is 1.86. The zero-order valence-electron chi connectivity index (χ0n) is 9.84. The van der Waals surface area contributed by atoms with Gasteiger partial charge in [0.05, 0.1) is 5.56 Å². The molecule has 1 amide bonds. The molecule has 0 aliphatic heterocycles. The number of pyridine rings is 2. The number of nitrogens with two attached hydrogens (primary N) is 1. The molecule has 0 saturated carbocycles. The van der Waals surface area contributed by atoms with Crippen LogP contribution in [0.3, 0.4) is 0 Å². The van der Waals surface area contributed by atoms with Crippen molar-refractivity contribution >= 4 is 17.4 Å². The second kappa shape index (κ2) is 5.24. The third kappa shape index (κ3) is 2.80. The van der Waals surface area contributed by atoms with E-state index >= 15 is 0 Å². The minimum absolute atomic E-state index is 0.225. The molecule has 0 bridgehead atoms. The third-order valence-electron chi connectivity index (χ3n) is 2.33. The molecule has 2 heterocycles. The van der Waals surface area contributed by atoms with Crippen LogP contribution in [0.25, 0.3) is 0 Å². The van der Waals surface area contributed by atoms with E-state index in [0.29, 0.717) is 17.1 Å². The molecule has 6 nitrogen and oxygen atoms in total. The number of nitrogens with zero attached hydrogens (tertiary/aromatic N) is 2. The number of carbonyl (C=O) groups is 1. The molecule has 18 heavy (non-hydrogen) atoms. The average Bonchev–Trinajstić information content (AvgIpc) is 2.39. The van der Waals surface area contributed by atoms with Gasteiger partial charge in [0.2, 0.25) is 0 Å². The van der Waals surface area contributed by atoms with Crippen LogP contribution in [0.15, 0.2) is 36.7 Å². The van der Waals surface area contributed by atoms with Crippen LogP contribution in [0, 0.1) is 6.92 Å². The lowest BCUT2D eigenvalue weighted by molar-refractivity contribution is 0.102. The summed E-state index contributed by atoms with van der Waals surface area (Å²) in [7, 11) is 0. The summed E-state index contributed by atoms with van der Waals surface area (Å²) in [5.74, 6) is 5.48. The highest BCUT2D eigenvalue weighted by Gasteiger charge is 2.06. The van der Waals surface area contributed by atoms with Crippen molar-refractivity contribution in [3.05, 3.63) is 47.9 Å². The summed E-state index contributed by atoms with van der Waals surface area (Å²) in [6.07, 6.45) is 3.10. The minimum atomic E-state index is -0.225. The summed E-state index contributed by atoms with van der Waals surface area (Å²) in [4.78, 5) is 19.9. The van der Waals surface area contributed by atoms with E-state index in [9.17, 15) is 4.79 Å². The number of carbonyl (C=O) groups excluding carboxylic acids is 1. The summed E-state index contributed by atoms with van der Waals surface area (Å²) in [6, 6.07) is 6.80. The largest absolute Gasteiger partial charge is 0.322 e. The van der Waals surface area contributed by atoms with Crippen LogP contribution < -0.4 is 16.6 Å². The summed E-state index contributed by atoms with van der Waals surface area (Å²) in [5, 5.41) is 2.77. The first-order valence-corrected chi connectivity index (χ1v) is 5.36. The smallest absolute Gasteiger partial charge is 0.257 e. The Balaban J connectivity index is 2.11. The maximum Gasteiger partial charge on any atom is 0.257 e. The molecule has 0 saturated heterocycles. The van der Waals surface area contributed by atoms with Gasteiger partial charge in [0.15, 0.2) is 0 Å². The molecule has 0 spiro atoms. The number of hydrazine groups is 1. The number of rotatable bonds is 3. The highest BCUT2D eigenvalue weighted by Crippen LogP contribution is 2.10. The Bertz CT molecular complexity index is 553. The zero-order chi connectivity index (χ0) is 13.0. The number of amides is 1. The first kappa shape index (κ1) is 12.0. The molecule has 0 radical (unpaired) electrons. The molecule has 2 aromatic rings. The van der Waals surface area contributed by atoms with Gasteiger partial charge in [0, 0.05) is 23.8 Å². The van der Waals surface area contributed by atoms with Crippen molar-refractivity contribution in [2.24, 2.45) is 5.84 Å². The van der Waals surface area contributed by atoms with Gasteiger partial charge in [-0.1, -0.05) is 0 Å². The molecule has 0 atom stereocenters. The third-order valence-corrected chi connectivity index (χ3v) is 2.33. The fourth-order valence-corrected chi connectivity index (χ4v) is 1.44. The van der Waals surface area contributed by atoms with E-state index in [1.54, 1.807) is 30.5 Å². The zero-order valence-corrected chi connectivity index (χ0v) is 9.84. The number of aryl methyl sites for hydroxylation is 1. The van der Waals surface area contributed by atoms with Gasteiger partial charge in [-0.25, -0.2) is 10.8 Å². The predicted molar refractivity (Wildman–Crippen MR) is 69.0 cm³/mol. The number of hydrogen-bond donors (Lipinski definition) is 3. The lowest BCUT2D eigenvalue weighted by Crippen LogP contribution is -2.13. The Kier molecular flexibility index (Phi) is 3.49. The SMILES string of the molecule is Cc1cc(NC(=O)c2ccc(NN)nc2)ccn1. The maximum absolute atomic E-state index is 11.9. The molecule has 0 aromatic carbocycles. The van der Waals surface area contributed by atoms with Crippen molar-refractivity contribution in [1.82, 2.24) is 9.97 Å². The van der Waals surface area contributed by atoms with E-state index in [1.165, 1.54) is 6.20 Å². The van der Waals surface area contributed by atoms with Crippen LogP contribution in [-0.2, 0) is 0 Å². The van der Waals surface area contributed by atoms with Crippen molar-refractivity contribution in [3.63, 3.8) is 0 Å². The number of hydrogen-bond acceptors (Lipinski definition) is 5. The molecule has 92 valence electrons. The summed E-state index contributed by atoms with van der Waals surface area (Å²) < 4.78 is 0. The van der Waals surface area contributed by atoms with Gasteiger partial charge in [0.25, 0.3) is 5.91 Å². The van der Waals surface area contributed by atoms with E-state index in [1.807, 2.05) is 6.92 Å². The van der Waals surface area contributed by atoms with Crippen LogP contribution >= 0.6 is 0 Å². The lowest BCUT2D eigenvalue weighted by atomic mass is 10.2. The van der Waals surface area contributed by atoms with Crippen molar-refractivity contribution in [2.75, 3.05) is 10.7 Å². The standard InChI is InChI=1S/C12H13N5O/c1-8-6-10(4-5-14-8)16-12(18)9-2-3-11(17-13)15-7-9/h2-7H,13H2,1H3,(H,15,17)(H,14,16,18). The molecule has 0 aliphatic rings. The van der Waals surface area contributed by atoms with E-state index < -0.39 is 0 Å². The molecular weight excluding hydrogens is 230 g/mol. The van der Waals surface area contributed by atoms with Crippen molar-refractivity contribution in [3.8, 4) is 0 Å². The summed E-state index contributed by atoms with van der Waals surface area (Å²) in [5.41, 5.74) is 4.40. The van der Waals surface area contributed by atoms with Crippen LogP contribution in [0.1, 0.15) is 16.1 Å². The Hall–Kier alpha value is -2.47. The van der Waals surface area contributed by atoms with Gasteiger partial charge in [-0.05, 0) is 31.2 Å². The number of aromatic nitrogens is 2. The first-order valence-electron chi connectivity index (χ1n) is 5.36. The fourth-order valence-electron chi connectivity index (χ4n) is 1.44. The van der Waals surface area contributed by atoms with Crippen LogP contribution in [-0.4, -0.2) is 15.9 Å². The van der Waals surface area contributed by atoms with Gasteiger partial charge in [-0.2, -0.15) is 0 Å². The maximum atomic E-state index is 11.9.